The molecule has 0 spiro atoms. The number of aryl methyl sites for hydroxylation is 1. The van der Waals surface area contributed by atoms with E-state index in [9.17, 15) is 30.0 Å². The molecular formula is C35H45N3O9. The molecule has 2 aliphatic heterocycles. The van der Waals surface area contributed by atoms with E-state index in [0.29, 0.717) is 24.8 Å². The highest BCUT2D eigenvalue weighted by Crippen LogP contribution is 2.56. The maximum atomic E-state index is 13.4. The molecule has 0 radical (unpaired) electrons. The van der Waals surface area contributed by atoms with Crippen LogP contribution in [0.25, 0.3) is 21.7 Å². The number of esters is 1. The van der Waals surface area contributed by atoms with Crippen LogP contribution < -0.4 is 21.5 Å². The van der Waals surface area contributed by atoms with E-state index in [2.05, 4.69) is 12.2 Å². The Morgan fingerprint density at radius 2 is 1.70 bits per heavy atom. The van der Waals surface area contributed by atoms with Gasteiger partial charge in [0.15, 0.2) is 5.75 Å². The Hall–Kier alpha value is -4.68. The van der Waals surface area contributed by atoms with Gasteiger partial charge in [0, 0.05) is 48.0 Å². The highest BCUT2D eigenvalue weighted by Gasteiger charge is 2.32. The maximum absolute atomic E-state index is 13.4. The number of hydrogen-bond acceptors (Lipinski definition) is 11. The maximum Gasteiger partial charge on any atom is 0.334 e. The van der Waals surface area contributed by atoms with Crippen molar-refractivity contribution in [2.75, 3.05) is 18.4 Å². The molecule has 254 valence electrons. The van der Waals surface area contributed by atoms with Gasteiger partial charge in [-0.25, -0.2) is 0 Å². The van der Waals surface area contributed by atoms with E-state index in [1.165, 1.54) is 20.1 Å². The first-order chi connectivity index (χ1) is 22.4. The number of furan rings is 1. The van der Waals surface area contributed by atoms with E-state index >= 15 is 0 Å². The average Bonchev–Trinajstić information content (AvgIpc) is 3.35. The van der Waals surface area contributed by atoms with E-state index in [4.69, 9.17) is 25.4 Å². The molecule has 12 nitrogen and oxygen atoms in total. The summed E-state index contributed by atoms with van der Waals surface area (Å²) in [5.41, 5.74) is 12.3. The van der Waals surface area contributed by atoms with Crippen molar-refractivity contribution in [1.82, 2.24) is 0 Å². The summed E-state index contributed by atoms with van der Waals surface area (Å²) in [5.74, 6) is -3.68. The number of anilines is 1. The molecular weight excluding hydrogens is 606 g/mol. The lowest BCUT2D eigenvalue weighted by atomic mass is 9.89. The summed E-state index contributed by atoms with van der Waals surface area (Å²) < 4.78 is 16.9. The molecule has 0 saturated carbocycles. The van der Waals surface area contributed by atoms with Gasteiger partial charge in [-0.15, -0.1) is 0 Å². The number of phenols is 3. The molecule has 0 aliphatic carbocycles. The third kappa shape index (κ3) is 7.50. The minimum atomic E-state index is -0.730. The topological polar surface area (TPSA) is 211 Å². The van der Waals surface area contributed by atoms with Crippen molar-refractivity contribution in [2.45, 2.75) is 78.2 Å². The van der Waals surface area contributed by atoms with Gasteiger partial charge in [-0.3, -0.25) is 9.59 Å². The van der Waals surface area contributed by atoms with Gasteiger partial charge < -0.3 is 51.1 Å². The van der Waals surface area contributed by atoms with Gasteiger partial charge in [-0.1, -0.05) is 31.6 Å². The van der Waals surface area contributed by atoms with Crippen LogP contribution in [0.15, 0.2) is 40.6 Å². The van der Waals surface area contributed by atoms with Crippen LogP contribution in [0.4, 0.5) is 5.69 Å². The molecule has 0 saturated heterocycles. The quantitative estimate of drug-likeness (QED) is 0.0991. The number of nitrogens with two attached hydrogens (primary N) is 2. The van der Waals surface area contributed by atoms with Crippen molar-refractivity contribution in [3.63, 3.8) is 0 Å². The Morgan fingerprint density at radius 1 is 1.00 bits per heavy atom. The molecule has 2 aliphatic rings. The van der Waals surface area contributed by atoms with Crippen LogP contribution in [0.1, 0.15) is 76.3 Å². The van der Waals surface area contributed by atoms with Crippen LogP contribution in [0, 0.1) is 12.8 Å². The molecule has 12 heteroatoms. The molecule has 9 N–H and O–H groups in total. The van der Waals surface area contributed by atoms with Crippen molar-refractivity contribution in [3.05, 3.63) is 47.3 Å². The number of amides is 1. The molecule has 2 aromatic carbocycles. The standard InChI is InChI=1S/C35H45N3O9/c1-18-10-5-6-13-23(46-21(4)39)14-7-8-15-45-35-32(43)27-25-26(29(40)20(3)33(27)47-35)31(42)28(24(30(25)41)22(16-36)17-37)38-34(44)19(2)12-9-11-18/h8-9,11-12,15,18,22-23,40-43H,5-7,10,13-14,16-17,36-37H2,1-4H3,(H,38,44)/b11-9?,15-8?,19-12-. The average molecular weight is 652 g/mol. The van der Waals surface area contributed by atoms with Gasteiger partial charge in [-0.2, -0.15) is 0 Å². The summed E-state index contributed by atoms with van der Waals surface area (Å²) in [6, 6.07) is 0. The minimum Gasteiger partial charge on any atom is -0.507 e. The molecule has 2 unspecified atom stereocenters. The first-order valence-electron chi connectivity index (χ1n) is 15.8. The Kier molecular flexibility index (Phi) is 11.4. The monoisotopic (exact) mass is 651 g/mol. The Morgan fingerprint density at radius 3 is 2.38 bits per heavy atom. The second kappa shape index (κ2) is 15.3. The van der Waals surface area contributed by atoms with Gasteiger partial charge in [0.2, 0.25) is 5.75 Å². The van der Waals surface area contributed by atoms with Crippen LogP contribution in [0.5, 0.6) is 28.9 Å². The lowest BCUT2D eigenvalue weighted by molar-refractivity contribution is -0.147. The first-order valence-corrected chi connectivity index (χ1v) is 15.8. The molecule has 0 fully saturated rings. The van der Waals surface area contributed by atoms with E-state index < -0.39 is 34.8 Å². The zero-order valence-electron chi connectivity index (χ0n) is 27.3. The van der Waals surface area contributed by atoms with Gasteiger partial charge in [0.05, 0.1) is 22.7 Å². The van der Waals surface area contributed by atoms with Crippen LogP contribution in [-0.4, -0.2) is 51.5 Å². The Labute approximate surface area is 273 Å². The zero-order chi connectivity index (χ0) is 34.4. The number of nitrogens with one attached hydrogen (secondary N) is 1. The molecule has 1 aromatic heterocycles. The Balaban J connectivity index is 1.92. The zero-order valence-corrected chi connectivity index (χ0v) is 27.3. The smallest absolute Gasteiger partial charge is 0.334 e. The summed E-state index contributed by atoms with van der Waals surface area (Å²) in [5, 5.41) is 48.2. The largest absolute Gasteiger partial charge is 0.507 e. The molecule has 3 aromatic rings. The number of allylic oxidation sites excluding steroid dienone is 4. The minimum absolute atomic E-state index is 0.00520. The molecule has 2 atom stereocenters. The molecule has 3 heterocycles. The molecule has 5 rings (SSSR count). The predicted molar refractivity (Wildman–Crippen MR) is 180 cm³/mol. The summed E-state index contributed by atoms with van der Waals surface area (Å²) in [6.07, 6.45) is 12.7. The third-order valence-corrected chi connectivity index (χ3v) is 8.57. The number of ether oxygens (including phenoxy) is 2. The number of aromatic hydroxyl groups is 4. The number of phenolic OH excluding ortho intramolecular Hbond substituents is 3. The lowest BCUT2D eigenvalue weighted by Crippen LogP contribution is -2.24. The summed E-state index contributed by atoms with van der Waals surface area (Å²) in [4.78, 5) is 25.1. The second-order valence-corrected chi connectivity index (χ2v) is 12.1. The van der Waals surface area contributed by atoms with Gasteiger partial charge >= 0.3 is 11.9 Å². The van der Waals surface area contributed by atoms with Crippen LogP contribution in [0.2, 0.25) is 0 Å². The fraction of sp³-hybridized carbons (Fsp3) is 0.429. The fourth-order valence-corrected chi connectivity index (χ4v) is 5.91. The van der Waals surface area contributed by atoms with Crippen molar-refractivity contribution in [1.29, 1.82) is 0 Å². The predicted octanol–water partition coefficient (Wildman–Crippen LogP) is 5.97. The van der Waals surface area contributed by atoms with Gasteiger partial charge in [0.1, 0.15) is 23.2 Å². The molecule has 1 amide bonds. The number of carbonyl (C=O) groups excluding carboxylic acids is 2. The first kappa shape index (κ1) is 35.2. The summed E-state index contributed by atoms with van der Waals surface area (Å²) in [6.45, 7) is 6.47. The Bertz CT molecular complexity index is 1730. The highest BCUT2D eigenvalue weighted by molar-refractivity contribution is 6.21. The number of hydrogen-bond donors (Lipinski definition) is 7. The van der Waals surface area contributed by atoms with Crippen molar-refractivity contribution in [2.24, 2.45) is 17.4 Å². The molecule has 5 bridgehead atoms. The third-order valence-electron chi connectivity index (χ3n) is 8.57. The van der Waals surface area contributed by atoms with Crippen LogP contribution >= 0.6 is 0 Å². The number of carbonyl (C=O) groups is 2. The van der Waals surface area contributed by atoms with E-state index in [1.807, 2.05) is 6.08 Å². The summed E-state index contributed by atoms with van der Waals surface area (Å²) >= 11 is 0. The normalized spacial score (nSPS) is 19.7. The number of fused-ring (bicyclic) bond motifs is 14. The van der Waals surface area contributed by atoms with Crippen molar-refractivity contribution in [3.8, 4) is 28.9 Å². The van der Waals surface area contributed by atoms with Gasteiger partial charge in [0.25, 0.3) is 5.91 Å². The van der Waals surface area contributed by atoms with Crippen LogP contribution in [-0.2, 0) is 14.3 Å². The van der Waals surface area contributed by atoms with Gasteiger partial charge in [-0.05, 0) is 57.9 Å². The van der Waals surface area contributed by atoms with E-state index in [-0.39, 0.29) is 75.6 Å². The second-order valence-electron chi connectivity index (χ2n) is 12.1. The van der Waals surface area contributed by atoms with E-state index in [1.54, 1.807) is 25.2 Å². The summed E-state index contributed by atoms with van der Waals surface area (Å²) in [7, 11) is 0. The highest BCUT2D eigenvalue weighted by atomic mass is 16.6. The lowest BCUT2D eigenvalue weighted by Gasteiger charge is -2.23. The van der Waals surface area contributed by atoms with Crippen molar-refractivity contribution < 1.29 is 43.9 Å². The van der Waals surface area contributed by atoms with Crippen LogP contribution in [0.3, 0.4) is 0 Å². The SMILES string of the molecule is CC(=O)OC1CCC=COc2oc3c(C)c(O)c4c(O)c(c(C(CN)CN)c(O)c4c3c2O)NC(=O)/C(C)=C\C=CC(C)CCCC1. The van der Waals surface area contributed by atoms with E-state index in [0.717, 1.165) is 19.3 Å². The number of benzene rings is 2. The van der Waals surface area contributed by atoms with Crippen molar-refractivity contribution >= 4 is 39.3 Å². The number of rotatable bonds is 4. The fourth-order valence-electron chi connectivity index (χ4n) is 5.91. The molecule has 47 heavy (non-hydrogen) atoms.